The molecule has 76 valence electrons. The molecule has 14 heavy (non-hydrogen) atoms. The van der Waals surface area contributed by atoms with Crippen LogP contribution in [0, 0.1) is 11.7 Å². The Bertz CT molecular complexity index is 335. The van der Waals surface area contributed by atoms with Gasteiger partial charge in [-0.05, 0) is 48.6 Å². The van der Waals surface area contributed by atoms with Crippen LogP contribution in [0.3, 0.4) is 0 Å². The lowest BCUT2D eigenvalue weighted by atomic mass is 9.94. The summed E-state index contributed by atoms with van der Waals surface area (Å²) in [5, 5.41) is 3.18. The molecule has 0 saturated heterocycles. The van der Waals surface area contributed by atoms with Crippen LogP contribution < -0.4 is 5.32 Å². The Hall–Kier alpha value is -0.890. The summed E-state index contributed by atoms with van der Waals surface area (Å²) in [5.41, 5.74) is 2.52. The van der Waals surface area contributed by atoms with E-state index in [1.165, 1.54) is 11.1 Å². The smallest absolute Gasteiger partial charge is 0.123 e. The average molecular weight is 193 g/mol. The lowest BCUT2D eigenvalue weighted by Crippen LogP contribution is -2.19. The number of rotatable bonds is 2. The van der Waals surface area contributed by atoms with E-state index in [0.717, 1.165) is 13.0 Å². The number of hydrogen-bond donors (Lipinski definition) is 1. The third-order valence-corrected chi connectivity index (χ3v) is 3.16. The van der Waals surface area contributed by atoms with Crippen LogP contribution in [0.2, 0.25) is 0 Å². The summed E-state index contributed by atoms with van der Waals surface area (Å²) in [7, 11) is 1.95. The van der Waals surface area contributed by atoms with Gasteiger partial charge in [0.2, 0.25) is 0 Å². The summed E-state index contributed by atoms with van der Waals surface area (Å²) in [4.78, 5) is 0. The molecule has 2 unspecified atom stereocenters. The van der Waals surface area contributed by atoms with Crippen molar-refractivity contribution in [3.63, 3.8) is 0 Å². The lowest BCUT2D eigenvalue weighted by Gasteiger charge is -2.15. The number of fused-ring (bicyclic) bond motifs is 1. The predicted octanol–water partition coefficient (Wildman–Crippen LogP) is 2.32. The monoisotopic (exact) mass is 193 g/mol. The minimum absolute atomic E-state index is 0.112. The molecule has 1 N–H and O–H groups in total. The van der Waals surface area contributed by atoms with Crippen LogP contribution in [0.5, 0.6) is 0 Å². The van der Waals surface area contributed by atoms with Gasteiger partial charge in [0, 0.05) is 6.54 Å². The molecule has 0 heterocycles. The zero-order chi connectivity index (χ0) is 10.1. The van der Waals surface area contributed by atoms with Gasteiger partial charge in [0.1, 0.15) is 5.82 Å². The first kappa shape index (κ1) is 9.66. The first-order chi connectivity index (χ1) is 6.72. The van der Waals surface area contributed by atoms with E-state index in [9.17, 15) is 4.39 Å². The highest BCUT2D eigenvalue weighted by atomic mass is 19.1. The Morgan fingerprint density at radius 2 is 2.29 bits per heavy atom. The van der Waals surface area contributed by atoms with Gasteiger partial charge in [0.05, 0.1) is 0 Å². The summed E-state index contributed by atoms with van der Waals surface area (Å²) < 4.78 is 13.1. The molecule has 0 amide bonds. The average Bonchev–Trinajstić information content (AvgIpc) is 2.45. The molecule has 1 nitrogen and oxygen atoms in total. The third kappa shape index (κ3) is 1.55. The molecular weight excluding hydrogens is 177 g/mol. The SMILES string of the molecule is CNCC1c2cc(F)ccc2CC1C. The molecule has 0 saturated carbocycles. The Balaban J connectivity index is 2.34. The molecule has 2 heteroatoms. The van der Waals surface area contributed by atoms with E-state index >= 15 is 0 Å². The summed E-state index contributed by atoms with van der Waals surface area (Å²) in [6.07, 6.45) is 1.09. The van der Waals surface area contributed by atoms with Crippen LogP contribution in [0.25, 0.3) is 0 Å². The van der Waals surface area contributed by atoms with E-state index in [1.54, 1.807) is 12.1 Å². The molecule has 0 radical (unpaired) electrons. The van der Waals surface area contributed by atoms with Crippen LogP contribution in [0.1, 0.15) is 24.0 Å². The van der Waals surface area contributed by atoms with Gasteiger partial charge >= 0.3 is 0 Å². The minimum atomic E-state index is -0.112. The Morgan fingerprint density at radius 1 is 1.50 bits per heavy atom. The number of nitrogens with one attached hydrogen (secondary N) is 1. The Kier molecular flexibility index (Phi) is 2.55. The van der Waals surface area contributed by atoms with Gasteiger partial charge in [-0.15, -0.1) is 0 Å². The second-order valence-corrected chi connectivity index (χ2v) is 4.19. The molecule has 2 rings (SSSR count). The van der Waals surface area contributed by atoms with Gasteiger partial charge in [0.15, 0.2) is 0 Å². The standard InChI is InChI=1S/C12H16FN/c1-8-5-9-3-4-10(13)6-11(9)12(8)7-14-2/h3-4,6,8,12,14H,5,7H2,1-2H3. The van der Waals surface area contributed by atoms with E-state index in [0.29, 0.717) is 11.8 Å². The van der Waals surface area contributed by atoms with Crippen molar-refractivity contribution in [2.24, 2.45) is 5.92 Å². The van der Waals surface area contributed by atoms with Crippen LogP contribution in [-0.2, 0) is 6.42 Å². The lowest BCUT2D eigenvalue weighted by molar-refractivity contribution is 0.479. The predicted molar refractivity (Wildman–Crippen MR) is 55.9 cm³/mol. The van der Waals surface area contributed by atoms with Gasteiger partial charge in [0.25, 0.3) is 0 Å². The van der Waals surface area contributed by atoms with Crippen molar-refractivity contribution in [3.8, 4) is 0 Å². The van der Waals surface area contributed by atoms with Crippen molar-refractivity contribution < 1.29 is 4.39 Å². The molecule has 2 atom stereocenters. The van der Waals surface area contributed by atoms with E-state index in [1.807, 2.05) is 13.1 Å². The quantitative estimate of drug-likeness (QED) is 0.760. The van der Waals surface area contributed by atoms with E-state index in [2.05, 4.69) is 12.2 Å². The second-order valence-electron chi connectivity index (χ2n) is 4.19. The van der Waals surface area contributed by atoms with Crippen molar-refractivity contribution in [1.29, 1.82) is 0 Å². The van der Waals surface area contributed by atoms with Crippen molar-refractivity contribution >= 4 is 0 Å². The molecule has 1 aliphatic rings. The maximum atomic E-state index is 13.1. The fourth-order valence-corrected chi connectivity index (χ4v) is 2.42. The summed E-state index contributed by atoms with van der Waals surface area (Å²) in [6, 6.07) is 5.19. The number of benzene rings is 1. The highest BCUT2D eigenvalue weighted by molar-refractivity contribution is 5.36. The summed E-state index contributed by atoms with van der Waals surface area (Å²) in [5.74, 6) is 0.990. The summed E-state index contributed by atoms with van der Waals surface area (Å²) >= 11 is 0. The zero-order valence-corrected chi connectivity index (χ0v) is 8.68. The number of hydrogen-bond acceptors (Lipinski definition) is 1. The van der Waals surface area contributed by atoms with Crippen molar-refractivity contribution in [1.82, 2.24) is 5.32 Å². The van der Waals surface area contributed by atoms with E-state index in [-0.39, 0.29) is 5.82 Å². The topological polar surface area (TPSA) is 12.0 Å². The first-order valence-electron chi connectivity index (χ1n) is 5.15. The maximum absolute atomic E-state index is 13.1. The van der Waals surface area contributed by atoms with Gasteiger partial charge in [-0.1, -0.05) is 13.0 Å². The van der Waals surface area contributed by atoms with Crippen LogP contribution in [0.15, 0.2) is 18.2 Å². The maximum Gasteiger partial charge on any atom is 0.123 e. The zero-order valence-electron chi connectivity index (χ0n) is 8.68. The van der Waals surface area contributed by atoms with Crippen molar-refractivity contribution in [3.05, 3.63) is 35.1 Å². The highest BCUT2D eigenvalue weighted by Gasteiger charge is 2.28. The molecule has 0 fully saturated rings. The normalized spacial score (nSPS) is 25.1. The van der Waals surface area contributed by atoms with Crippen LogP contribution >= 0.6 is 0 Å². The van der Waals surface area contributed by atoms with Crippen LogP contribution in [0.4, 0.5) is 4.39 Å². The van der Waals surface area contributed by atoms with Gasteiger partial charge in [-0.2, -0.15) is 0 Å². The third-order valence-electron chi connectivity index (χ3n) is 3.16. The Morgan fingerprint density at radius 3 is 3.00 bits per heavy atom. The summed E-state index contributed by atoms with van der Waals surface area (Å²) in [6.45, 7) is 3.18. The number of halogens is 1. The molecule has 0 spiro atoms. The van der Waals surface area contributed by atoms with Crippen molar-refractivity contribution in [2.45, 2.75) is 19.3 Å². The Labute approximate surface area is 84.3 Å². The molecule has 0 bridgehead atoms. The van der Waals surface area contributed by atoms with Gasteiger partial charge < -0.3 is 5.32 Å². The highest BCUT2D eigenvalue weighted by Crippen LogP contribution is 2.37. The molecular formula is C12H16FN. The molecule has 1 aromatic rings. The first-order valence-corrected chi connectivity index (χ1v) is 5.15. The minimum Gasteiger partial charge on any atom is -0.319 e. The van der Waals surface area contributed by atoms with Gasteiger partial charge in [-0.25, -0.2) is 4.39 Å². The molecule has 0 aromatic heterocycles. The van der Waals surface area contributed by atoms with Gasteiger partial charge in [-0.3, -0.25) is 0 Å². The van der Waals surface area contributed by atoms with E-state index in [4.69, 9.17) is 0 Å². The fraction of sp³-hybridized carbons (Fsp3) is 0.500. The second kappa shape index (κ2) is 3.70. The fourth-order valence-electron chi connectivity index (χ4n) is 2.42. The van der Waals surface area contributed by atoms with Crippen molar-refractivity contribution in [2.75, 3.05) is 13.6 Å². The number of likely N-dealkylation sites (N-methyl/N-ethyl adjacent to an activating group) is 1. The largest absolute Gasteiger partial charge is 0.319 e. The molecule has 1 aliphatic carbocycles. The van der Waals surface area contributed by atoms with Crippen LogP contribution in [-0.4, -0.2) is 13.6 Å². The van der Waals surface area contributed by atoms with E-state index < -0.39 is 0 Å². The molecule has 1 aromatic carbocycles. The molecule has 0 aliphatic heterocycles.